The van der Waals surface area contributed by atoms with Crippen molar-refractivity contribution in [2.45, 2.75) is 75.4 Å². The summed E-state index contributed by atoms with van der Waals surface area (Å²) in [4.78, 5) is 64.2. The van der Waals surface area contributed by atoms with Crippen LogP contribution in [0.3, 0.4) is 0 Å². The fraction of sp³-hybridized carbons (Fsp3) is 0.578. The molecule has 11 rings (SSSR count). The van der Waals surface area contributed by atoms with Crippen molar-refractivity contribution >= 4 is 51.6 Å². The number of piperidine rings is 2. The summed E-state index contributed by atoms with van der Waals surface area (Å²) >= 11 is 0. The maximum absolute atomic E-state index is 16.1. The van der Waals surface area contributed by atoms with E-state index in [4.69, 9.17) is 4.74 Å². The number of nitrogens with zero attached hydrogens (tertiary/aromatic N) is 11. The number of aryl methyl sites for hydroxylation is 1. The highest BCUT2D eigenvalue weighted by Gasteiger charge is 2.50. The number of piperazine rings is 1. The van der Waals surface area contributed by atoms with E-state index in [9.17, 15) is 28.0 Å². The zero-order valence-corrected chi connectivity index (χ0v) is 37.1. The zero-order valence-electron chi connectivity index (χ0n) is 37.1. The molecular weight excluding hydrogens is 879 g/mol. The van der Waals surface area contributed by atoms with Crippen LogP contribution >= 0.6 is 0 Å². The Kier molecular flexibility index (Phi) is 10.9. The number of ether oxygens (including phenoxy) is 1. The zero-order chi connectivity index (χ0) is 46.4. The number of fused-ring (bicyclic) bond motifs is 2. The molecular formula is C45H53F4N13O5. The van der Waals surface area contributed by atoms with Gasteiger partial charge in [0.05, 0.1) is 65.9 Å². The Bertz CT molecular complexity index is 2790. The number of anilines is 3. The van der Waals surface area contributed by atoms with Crippen molar-refractivity contribution in [3.05, 3.63) is 64.6 Å². The van der Waals surface area contributed by atoms with E-state index in [1.54, 1.807) is 19.3 Å². The number of imidazole rings is 1. The lowest BCUT2D eigenvalue weighted by Crippen LogP contribution is -2.66. The number of aromatic nitrogens is 7. The number of alkyl halides is 4. The van der Waals surface area contributed by atoms with E-state index in [1.807, 2.05) is 28.0 Å². The van der Waals surface area contributed by atoms with Crippen LogP contribution in [0.2, 0.25) is 0 Å². The van der Waals surface area contributed by atoms with E-state index in [0.717, 1.165) is 44.8 Å². The summed E-state index contributed by atoms with van der Waals surface area (Å²) in [5.74, 6) is -3.56. The normalized spacial score (nSPS) is 25.8. The summed E-state index contributed by atoms with van der Waals surface area (Å²) in [6.07, 6.45) is 5.03. The summed E-state index contributed by atoms with van der Waals surface area (Å²) in [6, 6.07) is 5.46. The molecule has 0 radical (unpaired) electrons. The van der Waals surface area contributed by atoms with Gasteiger partial charge in [0.15, 0.2) is 11.3 Å². The van der Waals surface area contributed by atoms with Crippen LogP contribution < -0.4 is 26.1 Å². The summed E-state index contributed by atoms with van der Waals surface area (Å²) < 4.78 is 72.1. The Labute approximate surface area is 381 Å². The van der Waals surface area contributed by atoms with Crippen molar-refractivity contribution in [2.75, 3.05) is 87.2 Å². The Hall–Kier alpha value is -5.87. The van der Waals surface area contributed by atoms with Crippen LogP contribution in [0.1, 0.15) is 79.5 Å². The first-order valence-corrected chi connectivity index (χ1v) is 23.2. The number of halogens is 4. The molecule has 67 heavy (non-hydrogen) atoms. The minimum atomic E-state index is -2.94. The van der Waals surface area contributed by atoms with Gasteiger partial charge in [-0.25, -0.2) is 31.9 Å². The van der Waals surface area contributed by atoms with Gasteiger partial charge in [-0.05, 0) is 62.6 Å². The Morgan fingerprint density at radius 2 is 1.73 bits per heavy atom. The second kappa shape index (κ2) is 16.7. The van der Waals surface area contributed by atoms with Gasteiger partial charge >= 0.3 is 5.69 Å². The highest BCUT2D eigenvalue weighted by molar-refractivity contribution is 6.08. The molecule has 6 aliphatic rings. The Morgan fingerprint density at radius 1 is 0.955 bits per heavy atom. The standard InChI is InChI=1S/C45H53F4N13O5/c1-55-38-31(3-2-4-32(38)62(43(55)66)33-9-10-36(63)53-42(33)65)57-15-17-58(18-16-57)34-11-13-56(24-45(34,48)49)20-27-5-7-28(8-6-27)61-21-30(37(54-61)39(46)47)51-41(64)29-19-50-60-14-12-35(52-40(29)60)59-22-44(23-59)25-67-26-44/h2-4,12,14,19,21,27-28,33-34,39H,5-11,13,15-18,20,22-26H2,1H3,(H,51,64)(H,53,63,65)/t27-,28-,33?,34?. The molecule has 356 valence electrons. The molecule has 5 saturated heterocycles. The smallest absolute Gasteiger partial charge is 0.329 e. The first-order valence-electron chi connectivity index (χ1n) is 23.2. The number of para-hydroxylation sites is 1. The third-order valence-electron chi connectivity index (χ3n) is 15.1. The molecule has 1 spiro atoms. The quantitative estimate of drug-likeness (QED) is 0.153. The molecule has 5 aromatic rings. The molecule has 6 fully saturated rings. The SMILES string of the molecule is Cn1c(=O)n(C2CCC(=O)NC2=O)c2cccc(N3CCN(C4CCN(C[C@H]5CC[C@H](n6cc(NC(=O)c7cnn8ccc(N9CC%10(COC%10)C9)nc78)c(C(F)F)n6)CC5)CC4(F)F)CC3)c21. The highest BCUT2D eigenvalue weighted by Crippen LogP contribution is 2.41. The van der Waals surface area contributed by atoms with Gasteiger partial charge in [0.1, 0.15) is 17.4 Å². The molecule has 5 aliphatic heterocycles. The maximum atomic E-state index is 16.1. The minimum absolute atomic E-state index is 0.0788. The summed E-state index contributed by atoms with van der Waals surface area (Å²) in [5, 5.41) is 13.5. The number of nitrogens with one attached hydrogen (secondary N) is 2. The molecule has 1 aliphatic carbocycles. The maximum Gasteiger partial charge on any atom is 0.329 e. The van der Waals surface area contributed by atoms with E-state index in [0.29, 0.717) is 81.0 Å². The van der Waals surface area contributed by atoms with Gasteiger partial charge in [0.25, 0.3) is 18.3 Å². The Morgan fingerprint density at radius 3 is 2.43 bits per heavy atom. The van der Waals surface area contributed by atoms with Crippen molar-refractivity contribution in [3.8, 4) is 0 Å². The molecule has 9 heterocycles. The molecule has 2 unspecified atom stereocenters. The summed E-state index contributed by atoms with van der Waals surface area (Å²) in [6.45, 7) is 5.58. The van der Waals surface area contributed by atoms with E-state index >= 15 is 8.78 Å². The van der Waals surface area contributed by atoms with Gasteiger partial charge in [-0.3, -0.25) is 43.3 Å². The number of hydrogen-bond acceptors (Lipinski definition) is 12. The summed E-state index contributed by atoms with van der Waals surface area (Å²) in [5.41, 5.74) is 1.70. The third kappa shape index (κ3) is 7.83. The second-order valence-electron chi connectivity index (χ2n) is 19.4. The molecule has 0 bridgehead atoms. The number of likely N-dealkylation sites (tertiary alicyclic amines) is 1. The molecule has 3 amide bonds. The topological polar surface area (TPSA) is 172 Å². The number of amides is 3. The molecule has 2 atom stereocenters. The van der Waals surface area contributed by atoms with Gasteiger partial charge in [0.2, 0.25) is 11.8 Å². The average molecular weight is 932 g/mol. The van der Waals surface area contributed by atoms with Crippen LogP contribution in [0.25, 0.3) is 16.7 Å². The van der Waals surface area contributed by atoms with Crippen LogP contribution in [0.15, 0.2) is 47.7 Å². The fourth-order valence-electron chi connectivity index (χ4n) is 11.5. The highest BCUT2D eigenvalue weighted by atomic mass is 19.3. The van der Waals surface area contributed by atoms with Gasteiger partial charge in [-0.1, -0.05) is 6.07 Å². The van der Waals surface area contributed by atoms with Gasteiger partial charge in [-0.2, -0.15) is 10.2 Å². The molecule has 2 N–H and O–H groups in total. The number of benzene rings is 1. The van der Waals surface area contributed by atoms with E-state index in [1.165, 1.54) is 30.7 Å². The number of rotatable bonds is 10. The number of carbonyl (C=O) groups excluding carboxylic acids is 3. The number of carbonyl (C=O) groups is 3. The lowest BCUT2D eigenvalue weighted by Gasteiger charge is -2.55. The first-order chi connectivity index (χ1) is 32.2. The fourth-order valence-corrected chi connectivity index (χ4v) is 11.5. The van der Waals surface area contributed by atoms with Crippen LogP contribution in [0.4, 0.5) is 34.8 Å². The van der Waals surface area contributed by atoms with Crippen LogP contribution in [-0.4, -0.2) is 145 Å². The average Bonchev–Trinajstić information content (AvgIpc) is 3.97. The molecule has 1 aromatic carbocycles. The van der Waals surface area contributed by atoms with Gasteiger partial charge in [-0.15, -0.1) is 0 Å². The van der Waals surface area contributed by atoms with E-state index in [2.05, 4.69) is 35.6 Å². The van der Waals surface area contributed by atoms with Crippen molar-refractivity contribution in [2.24, 2.45) is 18.4 Å². The predicted octanol–water partition coefficient (Wildman–Crippen LogP) is 3.85. The lowest BCUT2D eigenvalue weighted by atomic mass is 9.78. The molecule has 18 nitrogen and oxygen atoms in total. The molecule has 22 heteroatoms. The minimum Gasteiger partial charge on any atom is -0.380 e. The molecule has 1 saturated carbocycles. The first kappa shape index (κ1) is 43.7. The third-order valence-corrected chi connectivity index (χ3v) is 15.1. The van der Waals surface area contributed by atoms with Crippen molar-refractivity contribution in [3.63, 3.8) is 0 Å². The van der Waals surface area contributed by atoms with Crippen molar-refractivity contribution < 1.29 is 36.7 Å². The van der Waals surface area contributed by atoms with E-state index in [-0.39, 0.29) is 59.6 Å². The van der Waals surface area contributed by atoms with Gasteiger partial charge in [0, 0.05) is 78.2 Å². The molecule has 4 aromatic heterocycles. The predicted molar refractivity (Wildman–Crippen MR) is 237 cm³/mol. The number of imide groups is 1. The van der Waals surface area contributed by atoms with Crippen LogP contribution in [0, 0.1) is 11.3 Å². The Balaban J connectivity index is 0.680. The van der Waals surface area contributed by atoms with Crippen LogP contribution in [-0.2, 0) is 21.4 Å². The second-order valence-corrected chi connectivity index (χ2v) is 19.4. The largest absolute Gasteiger partial charge is 0.380 e. The van der Waals surface area contributed by atoms with Gasteiger partial charge < -0.3 is 19.9 Å². The van der Waals surface area contributed by atoms with E-state index < -0.39 is 41.9 Å². The van der Waals surface area contributed by atoms with Crippen molar-refractivity contribution in [1.29, 1.82) is 0 Å². The monoisotopic (exact) mass is 931 g/mol. The van der Waals surface area contributed by atoms with Crippen molar-refractivity contribution in [1.82, 2.24) is 48.6 Å². The van der Waals surface area contributed by atoms with Crippen LogP contribution in [0.5, 0.6) is 0 Å². The number of hydrogen-bond donors (Lipinski definition) is 2. The lowest BCUT2D eigenvalue weighted by molar-refractivity contribution is -0.135. The summed E-state index contributed by atoms with van der Waals surface area (Å²) in [7, 11) is 1.66.